The highest BCUT2D eigenvalue weighted by Crippen LogP contribution is 2.01. The van der Waals surface area contributed by atoms with E-state index in [1.165, 1.54) is 19.4 Å². The molecule has 10 nitrogen and oxygen atoms in total. The molecule has 0 saturated heterocycles. The quantitative estimate of drug-likeness (QED) is 0.242. The van der Waals surface area contributed by atoms with Crippen LogP contribution in [0.15, 0.2) is 12.5 Å². The number of aliphatic carboxylic acids is 1. The summed E-state index contributed by atoms with van der Waals surface area (Å²) >= 11 is 3.97. The Bertz CT molecular complexity index is 565. The highest BCUT2D eigenvalue weighted by atomic mass is 32.1. The largest absolute Gasteiger partial charge is 0.480 e. The number of aromatic amines is 1. The van der Waals surface area contributed by atoms with Gasteiger partial charge < -0.3 is 31.6 Å². The van der Waals surface area contributed by atoms with E-state index in [1.54, 1.807) is 0 Å². The van der Waals surface area contributed by atoms with Gasteiger partial charge in [-0.15, -0.1) is 0 Å². The molecule has 1 aromatic heterocycles. The van der Waals surface area contributed by atoms with E-state index in [4.69, 9.17) is 5.73 Å². The molecule has 0 radical (unpaired) electrons. The predicted molar refractivity (Wildman–Crippen MR) is 87.3 cm³/mol. The fourth-order valence-electron chi connectivity index (χ4n) is 1.77. The monoisotopic (exact) mass is 359 g/mol. The number of carboxylic acid groups (broad SMARTS) is 1. The topological polar surface area (TPSA) is 170 Å². The molecule has 0 saturated carbocycles. The van der Waals surface area contributed by atoms with Crippen LogP contribution in [0.4, 0.5) is 0 Å². The maximum Gasteiger partial charge on any atom is 0.326 e. The second-order valence-electron chi connectivity index (χ2n) is 5.19. The first-order valence-corrected chi connectivity index (χ1v) is 7.74. The van der Waals surface area contributed by atoms with Gasteiger partial charge in [-0.05, 0) is 6.92 Å². The zero-order valence-electron chi connectivity index (χ0n) is 13.0. The third-order valence-corrected chi connectivity index (χ3v) is 3.60. The molecule has 134 valence electrons. The molecule has 11 heteroatoms. The summed E-state index contributed by atoms with van der Waals surface area (Å²) in [6, 6.07) is -3.50. The lowest BCUT2D eigenvalue weighted by molar-refractivity contribution is -0.142. The van der Waals surface area contributed by atoms with E-state index in [1.807, 2.05) is 0 Å². The van der Waals surface area contributed by atoms with Gasteiger partial charge in [0.1, 0.15) is 18.1 Å². The minimum absolute atomic E-state index is 0.00149. The van der Waals surface area contributed by atoms with Crippen molar-refractivity contribution in [1.29, 1.82) is 0 Å². The number of nitrogens with one attached hydrogen (secondary N) is 3. The second kappa shape index (κ2) is 9.25. The van der Waals surface area contributed by atoms with Gasteiger partial charge in [-0.3, -0.25) is 9.59 Å². The maximum absolute atomic E-state index is 12.2. The number of carboxylic acids is 1. The zero-order chi connectivity index (χ0) is 18.3. The number of amides is 2. The summed E-state index contributed by atoms with van der Waals surface area (Å²) < 4.78 is 0. The normalized spacial score (nSPS) is 15.8. The predicted octanol–water partition coefficient (Wildman–Crippen LogP) is -2.36. The molecule has 2 amide bonds. The number of thiol groups is 1. The van der Waals surface area contributed by atoms with Crippen molar-refractivity contribution >= 4 is 30.4 Å². The minimum atomic E-state index is -1.23. The molecule has 24 heavy (non-hydrogen) atoms. The number of nitrogens with zero attached hydrogens (tertiary/aromatic N) is 1. The molecular weight excluding hydrogens is 338 g/mol. The van der Waals surface area contributed by atoms with E-state index >= 15 is 0 Å². The van der Waals surface area contributed by atoms with Gasteiger partial charge in [0.25, 0.3) is 0 Å². The molecule has 0 spiro atoms. The lowest BCUT2D eigenvalue weighted by atomic mass is 10.1. The fourth-order valence-corrected chi connectivity index (χ4v) is 2.03. The molecule has 0 bridgehead atoms. The Morgan fingerprint density at radius 3 is 2.42 bits per heavy atom. The molecule has 0 unspecified atom stereocenters. The Morgan fingerprint density at radius 2 is 1.96 bits per heavy atom. The summed E-state index contributed by atoms with van der Waals surface area (Å²) in [5.41, 5.74) is 6.01. The molecule has 0 aliphatic rings. The van der Waals surface area contributed by atoms with E-state index in [-0.39, 0.29) is 12.2 Å². The van der Waals surface area contributed by atoms with Gasteiger partial charge >= 0.3 is 5.97 Å². The van der Waals surface area contributed by atoms with Crippen molar-refractivity contribution in [2.75, 3.05) is 5.75 Å². The number of aliphatic hydroxyl groups is 1. The third-order valence-electron chi connectivity index (χ3n) is 3.23. The summed E-state index contributed by atoms with van der Waals surface area (Å²) in [6.07, 6.45) is 1.74. The van der Waals surface area contributed by atoms with Crippen molar-refractivity contribution in [1.82, 2.24) is 20.6 Å². The van der Waals surface area contributed by atoms with Crippen LogP contribution in [-0.2, 0) is 20.8 Å². The van der Waals surface area contributed by atoms with Crippen molar-refractivity contribution in [3.8, 4) is 0 Å². The van der Waals surface area contributed by atoms with Crippen molar-refractivity contribution in [2.45, 2.75) is 37.6 Å². The van der Waals surface area contributed by atoms with Crippen LogP contribution in [0, 0.1) is 0 Å². The average molecular weight is 359 g/mol. The molecular formula is C13H21N5O5S. The lowest BCUT2D eigenvalue weighted by Gasteiger charge is -2.22. The van der Waals surface area contributed by atoms with E-state index in [0.717, 1.165) is 0 Å². The fraction of sp³-hybridized carbons (Fsp3) is 0.538. The van der Waals surface area contributed by atoms with Crippen molar-refractivity contribution < 1.29 is 24.6 Å². The summed E-state index contributed by atoms with van der Waals surface area (Å²) in [7, 11) is 0. The second-order valence-corrected chi connectivity index (χ2v) is 5.56. The molecule has 0 aromatic carbocycles. The van der Waals surface area contributed by atoms with E-state index in [0.29, 0.717) is 5.69 Å². The first-order chi connectivity index (χ1) is 11.3. The smallest absolute Gasteiger partial charge is 0.326 e. The first kappa shape index (κ1) is 19.9. The van der Waals surface area contributed by atoms with E-state index < -0.39 is 42.0 Å². The summed E-state index contributed by atoms with van der Waals surface area (Å²) in [4.78, 5) is 41.8. The molecule has 1 rings (SSSR count). The van der Waals surface area contributed by atoms with Crippen LogP contribution in [-0.4, -0.2) is 67.9 Å². The van der Waals surface area contributed by atoms with Crippen LogP contribution in [0.3, 0.4) is 0 Å². The summed E-state index contributed by atoms with van der Waals surface area (Å²) in [5.74, 6) is -2.76. The first-order valence-electron chi connectivity index (χ1n) is 7.11. The Labute approximate surface area is 143 Å². The maximum atomic E-state index is 12.2. The Balaban J connectivity index is 2.69. The summed E-state index contributed by atoms with van der Waals surface area (Å²) in [5, 5.41) is 23.1. The van der Waals surface area contributed by atoms with Crippen molar-refractivity contribution in [2.24, 2.45) is 5.73 Å². The number of carbonyl (C=O) groups is 3. The van der Waals surface area contributed by atoms with Crippen LogP contribution in [0.25, 0.3) is 0 Å². The molecule has 0 fully saturated rings. The van der Waals surface area contributed by atoms with Gasteiger partial charge in [-0.25, -0.2) is 9.78 Å². The Hall–Kier alpha value is -2.11. The van der Waals surface area contributed by atoms with Crippen LogP contribution < -0.4 is 16.4 Å². The Kier molecular flexibility index (Phi) is 7.68. The van der Waals surface area contributed by atoms with E-state index in [2.05, 4.69) is 33.2 Å². The molecule has 0 aliphatic heterocycles. The third kappa shape index (κ3) is 5.83. The van der Waals surface area contributed by atoms with Crippen molar-refractivity contribution in [3.05, 3.63) is 18.2 Å². The molecule has 7 N–H and O–H groups in total. The van der Waals surface area contributed by atoms with Gasteiger partial charge in [-0.1, -0.05) is 0 Å². The molecule has 1 aromatic rings. The van der Waals surface area contributed by atoms with Crippen LogP contribution in [0.2, 0.25) is 0 Å². The number of hydrogen-bond donors (Lipinski definition) is 7. The SMILES string of the molecule is C[C@@H](O)[C@H](N)C(=O)N[C@@H](CS)C(=O)N[C@@H](Cc1cnc[nH]1)C(=O)O. The van der Waals surface area contributed by atoms with E-state index in [9.17, 15) is 24.6 Å². The standard InChI is InChI=1S/C13H21N5O5S/c1-6(19)10(14)12(21)18-9(4-24)11(20)17-8(13(22)23)2-7-3-15-5-16-7/h3,5-6,8-10,19,24H,2,4,14H2,1H3,(H,15,16)(H,17,20)(H,18,21)(H,22,23)/t6-,8+,9+,10+/m1/s1. The van der Waals surface area contributed by atoms with Gasteiger partial charge in [0.15, 0.2) is 0 Å². The number of rotatable bonds is 9. The van der Waals surface area contributed by atoms with Crippen molar-refractivity contribution in [3.63, 3.8) is 0 Å². The average Bonchev–Trinajstić information content (AvgIpc) is 3.03. The van der Waals surface area contributed by atoms with Gasteiger partial charge in [0.2, 0.25) is 11.8 Å². The number of imidazole rings is 1. The Morgan fingerprint density at radius 1 is 1.33 bits per heavy atom. The minimum Gasteiger partial charge on any atom is -0.480 e. The van der Waals surface area contributed by atoms with Crippen LogP contribution >= 0.6 is 12.6 Å². The van der Waals surface area contributed by atoms with Gasteiger partial charge in [-0.2, -0.15) is 12.6 Å². The molecule has 1 heterocycles. The van der Waals surface area contributed by atoms with Crippen LogP contribution in [0.5, 0.6) is 0 Å². The molecule has 4 atom stereocenters. The number of carbonyl (C=O) groups excluding carboxylic acids is 2. The lowest BCUT2D eigenvalue weighted by Crippen LogP contribution is -2.57. The number of H-pyrrole nitrogens is 1. The molecule has 0 aliphatic carbocycles. The number of hydrogen-bond acceptors (Lipinski definition) is 7. The highest BCUT2D eigenvalue weighted by molar-refractivity contribution is 7.80. The number of nitrogens with two attached hydrogens (primary N) is 1. The highest BCUT2D eigenvalue weighted by Gasteiger charge is 2.28. The van der Waals surface area contributed by atoms with Gasteiger partial charge in [0, 0.05) is 24.1 Å². The number of aliphatic hydroxyl groups excluding tert-OH is 1. The van der Waals surface area contributed by atoms with Gasteiger partial charge in [0.05, 0.1) is 12.4 Å². The number of aromatic nitrogens is 2. The zero-order valence-corrected chi connectivity index (χ0v) is 13.9. The summed E-state index contributed by atoms with van der Waals surface area (Å²) in [6.45, 7) is 1.34. The van der Waals surface area contributed by atoms with Crippen LogP contribution in [0.1, 0.15) is 12.6 Å².